The summed E-state index contributed by atoms with van der Waals surface area (Å²) < 4.78 is 2.85. The summed E-state index contributed by atoms with van der Waals surface area (Å²) in [6.07, 6.45) is 0.642. The van der Waals surface area contributed by atoms with E-state index < -0.39 is 0 Å². The second kappa shape index (κ2) is 4.52. The van der Waals surface area contributed by atoms with E-state index in [2.05, 4.69) is 3.53 Å². The standard InChI is InChI=1S/C4H8INO/c1-4(7)2-3-6-5/h6H,2-3H2,1H3. The molecule has 0 rings (SSSR count). The molecule has 2 nitrogen and oxygen atoms in total. The minimum atomic E-state index is 0.240. The molecule has 0 aliphatic rings. The van der Waals surface area contributed by atoms with E-state index in [-0.39, 0.29) is 5.78 Å². The highest BCUT2D eigenvalue weighted by atomic mass is 127. The molecule has 0 amide bonds. The number of hydrogen-bond donors (Lipinski definition) is 1. The van der Waals surface area contributed by atoms with Crippen molar-refractivity contribution < 1.29 is 4.79 Å². The number of carbonyl (C=O) groups excluding carboxylic acids is 1. The van der Waals surface area contributed by atoms with Gasteiger partial charge in [0.05, 0.1) is 0 Å². The molecule has 3 heteroatoms. The second-order valence-corrected chi connectivity index (χ2v) is 2.10. The highest BCUT2D eigenvalue weighted by Gasteiger charge is 1.87. The van der Waals surface area contributed by atoms with Crippen LogP contribution in [0, 0.1) is 0 Å². The molecule has 0 heterocycles. The van der Waals surface area contributed by atoms with Gasteiger partial charge in [-0.3, -0.25) is 8.32 Å². The third-order valence-corrected chi connectivity index (χ3v) is 1.11. The fourth-order valence-electron chi connectivity index (χ4n) is 0.223. The molecule has 0 saturated carbocycles. The van der Waals surface area contributed by atoms with Gasteiger partial charge in [0, 0.05) is 35.8 Å². The summed E-state index contributed by atoms with van der Waals surface area (Å²) in [6.45, 7) is 2.38. The lowest BCUT2D eigenvalue weighted by atomic mass is 10.3. The van der Waals surface area contributed by atoms with Crippen molar-refractivity contribution in [2.75, 3.05) is 6.54 Å². The summed E-state index contributed by atoms with van der Waals surface area (Å²) in [6, 6.07) is 0. The molecule has 0 aromatic heterocycles. The summed E-state index contributed by atoms with van der Waals surface area (Å²) in [5.41, 5.74) is 0. The van der Waals surface area contributed by atoms with Crippen LogP contribution in [0.2, 0.25) is 0 Å². The van der Waals surface area contributed by atoms with E-state index >= 15 is 0 Å². The third kappa shape index (κ3) is 6.36. The molecule has 0 radical (unpaired) electrons. The number of nitrogens with one attached hydrogen (secondary N) is 1. The molecular weight excluding hydrogens is 205 g/mol. The van der Waals surface area contributed by atoms with E-state index in [9.17, 15) is 4.79 Å². The highest BCUT2D eigenvalue weighted by Crippen LogP contribution is 1.78. The van der Waals surface area contributed by atoms with Crippen LogP contribution in [0.4, 0.5) is 0 Å². The van der Waals surface area contributed by atoms with Crippen LogP contribution in [0.1, 0.15) is 13.3 Å². The van der Waals surface area contributed by atoms with Crippen LogP contribution in [-0.2, 0) is 4.79 Å². The van der Waals surface area contributed by atoms with E-state index in [4.69, 9.17) is 0 Å². The average molecular weight is 213 g/mol. The summed E-state index contributed by atoms with van der Waals surface area (Å²) in [7, 11) is 0. The summed E-state index contributed by atoms with van der Waals surface area (Å²) in [5.74, 6) is 0.240. The molecule has 1 N–H and O–H groups in total. The van der Waals surface area contributed by atoms with Crippen LogP contribution in [0.25, 0.3) is 0 Å². The second-order valence-electron chi connectivity index (χ2n) is 1.34. The maximum absolute atomic E-state index is 10.2. The number of hydrogen-bond acceptors (Lipinski definition) is 2. The lowest BCUT2D eigenvalue weighted by molar-refractivity contribution is -0.116. The van der Waals surface area contributed by atoms with E-state index in [0.717, 1.165) is 6.54 Å². The molecule has 0 saturated heterocycles. The Labute approximate surface area is 57.2 Å². The average Bonchev–Trinajstić information content (AvgIpc) is 1.61. The van der Waals surface area contributed by atoms with Gasteiger partial charge in [0.2, 0.25) is 0 Å². The van der Waals surface area contributed by atoms with Gasteiger partial charge < -0.3 is 0 Å². The summed E-state index contributed by atoms with van der Waals surface area (Å²) in [5, 5.41) is 0. The SMILES string of the molecule is CC(=O)CCNI. The monoisotopic (exact) mass is 213 g/mol. The lowest BCUT2D eigenvalue weighted by Crippen LogP contribution is -2.04. The van der Waals surface area contributed by atoms with E-state index in [1.54, 1.807) is 6.92 Å². The molecule has 0 unspecified atom stereocenters. The predicted molar refractivity (Wildman–Crippen MR) is 37.3 cm³/mol. The van der Waals surface area contributed by atoms with Crippen molar-refractivity contribution in [2.24, 2.45) is 0 Å². The fourth-order valence-corrected chi connectivity index (χ4v) is 0.493. The minimum absolute atomic E-state index is 0.240. The Morgan fingerprint density at radius 1 is 1.86 bits per heavy atom. The molecule has 0 aromatic carbocycles. The molecular formula is C4H8INO. The first-order valence-corrected chi connectivity index (χ1v) is 3.18. The van der Waals surface area contributed by atoms with Gasteiger partial charge in [-0.05, 0) is 6.92 Å². The van der Waals surface area contributed by atoms with E-state index in [1.807, 2.05) is 22.9 Å². The normalized spacial score (nSPS) is 8.86. The van der Waals surface area contributed by atoms with Gasteiger partial charge in [-0.15, -0.1) is 0 Å². The van der Waals surface area contributed by atoms with Crippen molar-refractivity contribution in [1.29, 1.82) is 0 Å². The van der Waals surface area contributed by atoms with Gasteiger partial charge in [0.15, 0.2) is 0 Å². The van der Waals surface area contributed by atoms with Crippen LogP contribution in [0.5, 0.6) is 0 Å². The Morgan fingerprint density at radius 2 is 2.43 bits per heavy atom. The van der Waals surface area contributed by atoms with E-state index in [1.165, 1.54) is 0 Å². The molecule has 42 valence electrons. The molecule has 0 aliphatic heterocycles. The maximum atomic E-state index is 10.2. The Hall–Kier alpha value is 0.360. The largest absolute Gasteiger partial charge is 0.300 e. The minimum Gasteiger partial charge on any atom is -0.300 e. The first-order chi connectivity index (χ1) is 3.27. The molecule has 0 aromatic rings. The zero-order chi connectivity index (χ0) is 5.70. The maximum Gasteiger partial charge on any atom is 0.131 e. The first kappa shape index (κ1) is 7.36. The Kier molecular flexibility index (Phi) is 4.75. The number of halogens is 1. The van der Waals surface area contributed by atoms with Gasteiger partial charge in [-0.25, -0.2) is 0 Å². The first-order valence-electron chi connectivity index (χ1n) is 2.10. The van der Waals surface area contributed by atoms with Crippen LogP contribution >= 0.6 is 22.9 Å². The Bertz CT molecular complexity index is 64.7. The van der Waals surface area contributed by atoms with Crippen LogP contribution in [-0.4, -0.2) is 12.3 Å². The van der Waals surface area contributed by atoms with Crippen molar-refractivity contribution in [3.8, 4) is 0 Å². The van der Waals surface area contributed by atoms with Crippen LogP contribution in [0.3, 0.4) is 0 Å². The van der Waals surface area contributed by atoms with Crippen molar-refractivity contribution in [2.45, 2.75) is 13.3 Å². The number of rotatable bonds is 3. The van der Waals surface area contributed by atoms with Gasteiger partial charge in [-0.2, -0.15) is 0 Å². The molecule has 0 bridgehead atoms. The highest BCUT2D eigenvalue weighted by molar-refractivity contribution is 14.1. The van der Waals surface area contributed by atoms with Gasteiger partial charge >= 0.3 is 0 Å². The molecule has 0 aliphatic carbocycles. The quantitative estimate of drug-likeness (QED) is 0.557. The number of ketones is 1. The van der Waals surface area contributed by atoms with Crippen molar-refractivity contribution in [3.63, 3.8) is 0 Å². The topological polar surface area (TPSA) is 29.1 Å². The number of carbonyl (C=O) groups is 1. The third-order valence-electron chi connectivity index (χ3n) is 0.572. The van der Waals surface area contributed by atoms with Crippen LogP contribution in [0.15, 0.2) is 0 Å². The number of Topliss-reactive ketones (excluding diaryl/α,β-unsaturated/α-hetero) is 1. The van der Waals surface area contributed by atoms with Crippen molar-refractivity contribution in [1.82, 2.24) is 3.53 Å². The smallest absolute Gasteiger partial charge is 0.131 e. The lowest BCUT2D eigenvalue weighted by Gasteiger charge is -1.88. The van der Waals surface area contributed by atoms with Crippen molar-refractivity contribution in [3.05, 3.63) is 0 Å². The van der Waals surface area contributed by atoms with Gasteiger partial charge in [0.25, 0.3) is 0 Å². The van der Waals surface area contributed by atoms with Crippen LogP contribution < -0.4 is 3.53 Å². The summed E-state index contributed by atoms with van der Waals surface area (Å²) >= 11 is 2.02. The Balaban J connectivity index is 2.82. The molecule has 0 atom stereocenters. The fraction of sp³-hybridized carbons (Fsp3) is 0.750. The molecule has 7 heavy (non-hydrogen) atoms. The summed E-state index contributed by atoms with van der Waals surface area (Å²) in [4.78, 5) is 10.2. The molecule has 0 fully saturated rings. The Morgan fingerprint density at radius 3 is 2.57 bits per heavy atom. The zero-order valence-corrected chi connectivity index (χ0v) is 6.36. The molecule has 0 spiro atoms. The predicted octanol–water partition coefficient (Wildman–Crippen LogP) is 0.905. The zero-order valence-electron chi connectivity index (χ0n) is 4.20. The van der Waals surface area contributed by atoms with E-state index in [0.29, 0.717) is 6.42 Å². The van der Waals surface area contributed by atoms with Gasteiger partial charge in [0.1, 0.15) is 5.78 Å². The van der Waals surface area contributed by atoms with Crippen molar-refractivity contribution >= 4 is 28.6 Å². The van der Waals surface area contributed by atoms with Gasteiger partial charge in [-0.1, -0.05) is 0 Å².